The van der Waals surface area contributed by atoms with Crippen LogP contribution in [0.4, 0.5) is 0 Å². The minimum Gasteiger partial charge on any atom is -0.497 e. The largest absolute Gasteiger partial charge is 0.497 e. The zero-order chi connectivity index (χ0) is 19.6. The molecule has 3 atom stereocenters. The Morgan fingerprint density at radius 1 is 1.19 bits per heavy atom. The van der Waals surface area contributed by atoms with E-state index in [9.17, 15) is 4.79 Å². The molecule has 1 aromatic carbocycles. The Bertz CT molecular complexity index is 780. The molecule has 1 fully saturated rings. The van der Waals surface area contributed by atoms with Gasteiger partial charge in [0.2, 0.25) is 5.91 Å². The average Bonchev–Trinajstić information content (AvgIpc) is 3.02. The molecule has 2 aromatic rings. The number of hydrogen-bond donors (Lipinski definition) is 0. The van der Waals surface area contributed by atoms with Crippen LogP contribution in [0, 0.1) is 0 Å². The predicted octanol–water partition coefficient (Wildman–Crippen LogP) is 3.76. The summed E-state index contributed by atoms with van der Waals surface area (Å²) in [5.41, 5.74) is 0.968. The number of benzene rings is 1. The zero-order valence-electron chi connectivity index (χ0n) is 16.7. The number of nitrogens with zero attached hydrogens (tertiary/aromatic N) is 4. The van der Waals surface area contributed by atoms with E-state index in [0.29, 0.717) is 12.1 Å². The van der Waals surface area contributed by atoms with E-state index < -0.39 is 0 Å². The lowest BCUT2D eigenvalue weighted by molar-refractivity contribution is -0.136. The Balaban J connectivity index is 1.73. The Labute approximate surface area is 165 Å². The van der Waals surface area contributed by atoms with Crippen molar-refractivity contribution in [3.8, 4) is 17.1 Å². The Hall–Kier alpha value is -2.02. The molecule has 0 spiro atoms. The van der Waals surface area contributed by atoms with Gasteiger partial charge >= 0.3 is 0 Å². The number of carbonyl (C=O) groups is 1. The molecule has 1 amide bonds. The molecule has 0 radical (unpaired) electrons. The fraction of sp³-hybridized carbons (Fsp3) is 0.550. The van der Waals surface area contributed by atoms with Gasteiger partial charge in [-0.3, -0.25) is 4.79 Å². The first kappa shape index (κ1) is 19.7. The van der Waals surface area contributed by atoms with Crippen molar-refractivity contribution in [3.05, 3.63) is 24.3 Å². The molecule has 2 heterocycles. The van der Waals surface area contributed by atoms with Gasteiger partial charge in [0, 0.05) is 24.7 Å². The summed E-state index contributed by atoms with van der Waals surface area (Å²) >= 11 is 1.47. The van der Waals surface area contributed by atoms with Crippen LogP contribution in [0.1, 0.15) is 40.0 Å². The topological polar surface area (TPSA) is 60.3 Å². The highest BCUT2D eigenvalue weighted by molar-refractivity contribution is 8.00. The summed E-state index contributed by atoms with van der Waals surface area (Å²) in [5.74, 6) is 1.77. The molecule has 6 nitrogen and oxygen atoms in total. The highest BCUT2D eigenvalue weighted by Gasteiger charge is 2.32. The van der Waals surface area contributed by atoms with Crippen LogP contribution in [0.15, 0.2) is 29.4 Å². The number of amides is 1. The van der Waals surface area contributed by atoms with Crippen molar-refractivity contribution in [2.75, 3.05) is 7.11 Å². The number of ether oxygens (including phenoxy) is 1. The maximum Gasteiger partial charge on any atom is 0.236 e. The number of rotatable bonds is 5. The molecule has 0 unspecified atom stereocenters. The van der Waals surface area contributed by atoms with E-state index >= 15 is 0 Å². The number of aromatic nitrogens is 3. The minimum absolute atomic E-state index is 0.189. The molecule has 0 N–H and O–H groups in total. The van der Waals surface area contributed by atoms with Gasteiger partial charge in [0.1, 0.15) is 5.75 Å². The molecular formula is C20H28N4O2S. The van der Waals surface area contributed by atoms with Gasteiger partial charge in [0.25, 0.3) is 0 Å². The van der Waals surface area contributed by atoms with Gasteiger partial charge in [0.05, 0.1) is 12.4 Å². The van der Waals surface area contributed by atoms with Crippen LogP contribution in [0.25, 0.3) is 11.4 Å². The number of hydrogen-bond acceptors (Lipinski definition) is 5. The van der Waals surface area contributed by atoms with Crippen LogP contribution in [0.3, 0.4) is 0 Å². The zero-order valence-corrected chi connectivity index (χ0v) is 17.5. The van der Waals surface area contributed by atoms with Crippen molar-refractivity contribution < 1.29 is 9.53 Å². The highest BCUT2D eigenvalue weighted by atomic mass is 32.2. The number of piperidine rings is 1. The third-order valence-electron chi connectivity index (χ3n) is 5.26. The number of thioether (sulfide) groups is 1. The number of carbonyl (C=O) groups excluding carboxylic acids is 1. The molecule has 1 saturated heterocycles. The fourth-order valence-corrected chi connectivity index (χ4v) is 4.55. The SMILES string of the molecule is COc1ccc(-c2nnc(S[C@H](C)C(=O)N3[C@H](C)CCC[C@@H]3C)n2C)cc1. The summed E-state index contributed by atoms with van der Waals surface area (Å²) in [6.45, 7) is 6.26. The first-order valence-electron chi connectivity index (χ1n) is 9.45. The van der Waals surface area contributed by atoms with Crippen LogP contribution in [0.2, 0.25) is 0 Å². The van der Waals surface area contributed by atoms with Crippen molar-refractivity contribution in [1.82, 2.24) is 19.7 Å². The summed E-state index contributed by atoms with van der Waals surface area (Å²) in [6, 6.07) is 8.34. The number of likely N-dealkylation sites (tertiary alicyclic amines) is 1. The molecule has 7 heteroatoms. The lowest BCUT2D eigenvalue weighted by atomic mass is 9.97. The molecule has 0 aliphatic carbocycles. The smallest absolute Gasteiger partial charge is 0.236 e. The molecule has 1 aromatic heterocycles. The second-order valence-corrected chi connectivity index (χ2v) is 8.54. The van der Waals surface area contributed by atoms with E-state index in [1.165, 1.54) is 18.2 Å². The third kappa shape index (κ3) is 4.13. The molecule has 0 saturated carbocycles. The van der Waals surface area contributed by atoms with Crippen molar-refractivity contribution in [2.24, 2.45) is 7.05 Å². The summed E-state index contributed by atoms with van der Waals surface area (Å²) in [4.78, 5) is 15.1. The average molecular weight is 389 g/mol. The second-order valence-electron chi connectivity index (χ2n) is 7.23. The van der Waals surface area contributed by atoms with Gasteiger partial charge in [-0.2, -0.15) is 0 Å². The van der Waals surface area contributed by atoms with E-state index in [1.807, 2.05) is 42.8 Å². The van der Waals surface area contributed by atoms with Crippen molar-refractivity contribution in [3.63, 3.8) is 0 Å². The standard InChI is InChI=1S/C20H28N4O2S/c1-13-7-6-8-14(2)24(13)19(25)15(3)27-20-22-21-18(23(20)4)16-9-11-17(26-5)12-10-16/h9-15H,6-8H2,1-5H3/t13-,14+,15-/m1/s1. The highest BCUT2D eigenvalue weighted by Crippen LogP contribution is 2.30. The maximum atomic E-state index is 13.0. The maximum absolute atomic E-state index is 13.0. The van der Waals surface area contributed by atoms with E-state index in [4.69, 9.17) is 4.74 Å². The van der Waals surface area contributed by atoms with Crippen LogP contribution < -0.4 is 4.74 Å². The number of methoxy groups -OCH3 is 1. The normalized spacial score (nSPS) is 21.1. The van der Waals surface area contributed by atoms with Gasteiger partial charge in [-0.15, -0.1) is 10.2 Å². The lowest BCUT2D eigenvalue weighted by Gasteiger charge is -2.40. The van der Waals surface area contributed by atoms with Gasteiger partial charge in [-0.05, 0) is 64.3 Å². The van der Waals surface area contributed by atoms with Crippen molar-refractivity contribution in [1.29, 1.82) is 0 Å². The van der Waals surface area contributed by atoms with E-state index in [0.717, 1.165) is 35.1 Å². The van der Waals surface area contributed by atoms with Crippen LogP contribution in [0.5, 0.6) is 5.75 Å². The summed E-state index contributed by atoms with van der Waals surface area (Å²) < 4.78 is 7.15. The quantitative estimate of drug-likeness (QED) is 0.730. The first-order chi connectivity index (χ1) is 12.9. The molecular weight excluding hydrogens is 360 g/mol. The first-order valence-corrected chi connectivity index (χ1v) is 10.3. The minimum atomic E-state index is -0.195. The van der Waals surface area contributed by atoms with Crippen molar-refractivity contribution >= 4 is 17.7 Å². The van der Waals surface area contributed by atoms with E-state index in [2.05, 4.69) is 28.9 Å². The Kier molecular flexibility index (Phi) is 6.09. The van der Waals surface area contributed by atoms with Crippen LogP contribution in [-0.4, -0.2) is 50.0 Å². The third-order valence-corrected chi connectivity index (χ3v) is 6.38. The molecule has 27 heavy (non-hydrogen) atoms. The predicted molar refractivity (Wildman–Crippen MR) is 108 cm³/mol. The van der Waals surface area contributed by atoms with Gasteiger partial charge in [-0.1, -0.05) is 11.8 Å². The van der Waals surface area contributed by atoms with Gasteiger partial charge in [-0.25, -0.2) is 0 Å². The summed E-state index contributed by atoms with van der Waals surface area (Å²) in [7, 11) is 3.58. The van der Waals surface area contributed by atoms with Crippen molar-refractivity contribution in [2.45, 2.75) is 62.5 Å². The monoisotopic (exact) mass is 388 g/mol. The van der Waals surface area contributed by atoms with E-state index in [1.54, 1.807) is 7.11 Å². The molecule has 3 rings (SSSR count). The fourth-order valence-electron chi connectivity index (χ4n) is 3.68. The molecule has 146 valence electrons. The second kappa shape index (κ2) is 8.33. The Morgan fingerprint density at radius 3 is 2.41 bits per heavy atom. The lowest BCUT2D eigenvalue weighted by Crippen LogP contribution is -2.50. The van der Waals surface area contributed by atoms with Gasteiger partial charge in [0.15, 0.2) is 11.0 Å². The van der Waals surface area contributed by atoms with Gasteiger partial charge < -0.3 is 14.2 Å². The Morgan fingerprint density at radius 2 is 1.81 bits per heavy atom. The molecule has 0 bridgehead atoms. The van der Waals surface area contributed by atoms with Crippen LogP contribution >= 0.6 is 11.8 Å². The molecule has 1 aliphatic rings. The van der Waals surface area contributed by atoms with Crippen LogP contribution in [-0.2, 0) is 11.8 Å². The van der Waals surface area contributed by atoms with E-state index in [-0.39, 0.29) is 11.2 Å². The summed E-state index contributed by atoms with van der Waals surface area (Å²) in [6.07, 6.45) is 3.36. The molecule has 1 aliphatic heterocycles. The summed E-state index contributed by atoms with van der Waals surface area (Å²) in [5, 5.41) is 9.19.